The first-order valence-corrected chi connectivity index (χ1v) is 26.2. The standard InChI is InChI=1S/C51H76N8O9S/c1-10-33(8)43-50(66)52-36(23-25-69(9)68)44(60)53-38(27-31(4)5)46(62)57-42(32(6)7)49(65)56-40(29-35-20-15-12-16-21-35)51(67)59-24-17-22-41(59)48(64)55-37(26-30(2)3)45(61)54-39(47(63)58-43)28-34-18-13-11-14-19-34/h11-16,18-21,30-33,36-43H,10,17,22-29H2,1-9H3,(H,52,66)(H,53,60)(H,54,61)(H,55,64)(H,56,65)(H,57,62)(H,58,63)/t33-,36-,37-,38-,39-,40-,41-,42-,43-,69?/m0/s1. The molecule has 0 aromatic heterocycles. The number of hydrogen-bond donors (Lipinski definition) is 7. The van der Waals surface area contributed by atoms with Gasteiger partial charge >= 0.3 is 0 Å². The molecule has 2 aromatic rings. The van der Waals surface area contributed by atoms with E-state index in [0.29, 0.717) is 24.8 Å². The lowest BCUT2D eigenvalue weighted by Crippen LogP contribution is -2.62. The van der Waals surface area contributed by atoms with E-state index in [0.717, 1.165) is 5.56 Å². The van der Waals surface area contributed by atoms with E-state index >= 15 is 0 Å². The van der Waals surface area contributed by atoms with Crippen LogP contribution >= 0.6 is 0 Å². The average Bonchev–Trinajstić information content (AvgIpc) is 3.80. The van der Waals surface area contributed by atoms with Gasteiger partial charge in [0.2, 0.25) is 47.3 Å². The number of nitrogens with zero attached hydrogens (tertiary/aromatic N) is 1. The molecule has 2 aliphatic heterocycles. The lowest BCUT2D eigenvalue weighted by molar-refractivity contribution is -0.143. The van der Waals surface area contributed by atoms with Gasteiger partial charge in [0.1, 0.15) is 48.3 Å². The SMILES string of the molecule is CC[C@H](C)[C@@H]1NC(=O)[C@H](Cc2ccccc2)NC(=O)[C@H](CC(C)C)NC(=O)[C@@H]2CCCN2C(=O)[C@H](Cc2ccccc2)NC(=O)[C@H](C(C)C)NC(=O)[C@H](CC(C)C)NC(=O)[C@H](CCS(C)=O)NC1=O. The van der Waals surface area contributed by atoms with Gasteiger partial charge in [-0.1, -0.05) is 122 Å². The molecular formula is C51H76N8O9S. The minimum absolute atomic E-state index is 0.0235. The third-order valence-electron chi connectivity index (χ3n) is 12.7. The van der Waals surface area contributed by atoms with Crippen LogP contribution in [0.15, 0.2) is 60.7 Å². The fourth-order valence-corrected chi connectivity index (χ4v) is 9.22. The van der Waals surface area contributed by atoms with Crippen molar-refractivity contribution < 1.29 is 42.6 Å². The minimum Gasteiger partial charge on any atom is -0.343 e. The maximum Gasteiger partial charge on any atom is 0.246 e. The molecule has 8 amide bonds. The smallest absolute Gasteiger partial charge is 0.246 e. The predicted octanol–water partition coefficient (Wildman–Crippen LogP) is 2.43. The summed E-state index contributed by atoms with van der Waals surface area (Å²) in [5, 5.41) is 19.9. The number of nitrogens with one attached hydrogen (secondary N) is 7. The molecule has 7 N–H and O–H groups in total. The maximum absolute atomic E-state index is 14.7. The summed E-state index contributed by atoms with van der Waals surface area (Å²) < 4.78 is 12.4. The molecule has 18 heteroatoms. The van der Waals surface area contributed by atoms with E-state index in [9.17, 15) is 42.6 Å². The number of rotatable bonds is 14. The van der Waals surface area contributed by atoms with Crippen LogP contribution < -0.4 is 37.2 Å². The van der Waals surface area contributed by atoms with Crippen molar-refractivity contribution in [2.45, 2.75) is 155 Å². The summed E-state index contributed by atoms with van der Waals surface area (Å²) in [6.45, 7) is 14.8. The number of hydrogen-bond acceptors (Lipinski definition) is 9. The summed E-state index contributed by atoms with van der Waals surface area (Å²) in [5.41, 5.74) is 1.45. The second kappa shape index (κ2) is 26.9. The Balaban J connectivity index is 1.85. The first-order valence-electron chi connectivity index (χ1n) is 24.5. The van der Waals surface area contributed by atoms with Crippen LogP contribution in [0, 0.1) is 23.7 Å². The second-order valence-electron chi connectivity index (χ2n) is 19.8. The van der Waals surface area contributed by atoms with Crippen LogP contribution in [0.2, 0.25) is 0 Å². The summed E-state index contributed by atoms with van der Waals surface area (Å²) in [6, 6.07) is 8.74. The van der Waals surface area contributed by atoms with E-state index < -0.39 is 118 Å². The molecule has 17 nitrogen and oxygen atoms in total. The zero-order chi connectivity index (χ0) is 50.9. The molecule has 2 aromatic carbocycles. The topological polar surface area (TPSA) is 241 Å². The lowest BCUT2D eigenvalue weighted by Gasteiger charge is -2.32. The highest BCUT2D eigenvalue weighted by molar-refractivity contribution is 7.84. The first-order chi connectivity index (χ1) is 32.7. The third-order valence-corrected chi connectivity index (χ3v) is 13.5. The summed E-state index contributed by atoms with van der Waals surface area (Å²) in [5.74, 6) is -6.30. The van der Waals surface area contributed by atoms with E-state index in [4.69, 9.17) is 0 Å². The summed E-state index contributed by atoms with van der Waals surface area (Å²) in [4.78, 5) is 117. The molecule has 2 fully saturated rings. The number of benzene rings is 2. The monoisotopic (exact) mass is 977 g/mol. The number of fused-ring (bicyclic) bond motifs is 1. The van der Waals surface area contributed by atoms with E-state index in [-0.39, 0.29) is 56.2 Å². The van der Waals surface area contributed by atoms with E-state index in [1.165, 1.54) is 11.2 Å². The van der Waals surface area contributed by atoms with Crippen LogP contribution in [-0.4, -0.2) is 123 Å². The van der Waals surface area contributed by atoms with Gasteiger partial charge in [0.05, 0.1) is 0 Å². The molecule has 10 atom stereocenters. The van der Waals surface area contributed by atoms with Gasteiger partial charge in [-0.2, -0.15) is 0 Å². The highest BCUT2D eigenvalue weighted by atomic mass is 32.2. The molecule has 4 rings (SSSR count). The zero-order valence-electron chi connectivity index (χ0n) is 41.8. The quantitative estimate of drug-likeness (QED) is 0.147. The fraction of sp³-hybridized carbons (Fsp3) is 0.608. The van der Waals surface area contributed by atoms with Crippen LogP contribution in [-0.2, 0) is 62.0 Å². The largest absolute Gasteiger partial charge is 0.343 e. The Morgan fingerprint density at radius 1 is 0.551 bits per heavy atom. The van der Waals surface area contributed by atoms with Crippen LogP contribution in [0.25, 0.3) is 0 Å². The molecule has 1 unspecified atom stereocenters. The molecular weight excluding hydrogens is 901 g/mol. The van der Waals surface area contributed by atoms with Crippen LogP contribution in [0.4, 0.5) is 0 Å². The van der Waals surface area contributed by atoms with Crippen molar-refractivity contribution in [3.8, 4) is 0 Å². The predicted molar refractivity (Wildman–Crippen MR) is 265 cm³/mol. The van der Waals surface area contributed by atoms with Gasteiger partial charge < -0.3 is 42.1 Å². The number of carbonyl (C=O) groups is 8. The highest BCUT2D eigenvalue weighted by Gasteiger charge is 2.41. The van der Waals surface area contributed by atoms with Crippen LogP contribution in [0.5, 0.6) is 0 Å². The van der Waals surface area contributed by atoms with Gasteiger partial charge in [-0.3, -0.25) is 42.6 Å². The summed E-state index contributed by atoms with van der Waals surface area (Å²) in [7, 11) is -1.38. The Labute approximate surface area is 410 Å². The van der Waals surface area contributed by atoms with Crippen molar-refractivity contribution in [2.75, 3.05) is 18.6 Å². The van der Waals surface area contributed by atoms with Crippen molar-refractivity contribution in [3.63, 3.8) is 0 Å². The van der Waals surface area contributed by atoms with Gasteiger partial charge in [-0.05, 0) is 66.9 Å². The third kappa shape index (κ3) is 17.1. The number of carbonyl (C=O) groups excluding carboxylic acids is 8. The van der Waals surface area contributed by atoms with Crippen molar-refractivity contribution in [1.82, 2.24) is 42.1 Å². The molecule has 0 bridgehead atoms. The number of amides is 8. The van der Waals surface area contributed by atoms with Gasteiger partial charge in [-0.25, -0.2) is 0 Å². The zero-order valence-corrected chi connectivity index (χ0v) is 42.6. The summed E-state index contributed by atoms with van der Waals surface area (Å²) in [6.07, 6.45) is 3.03. The molecule has 2 aliphatic rings. The Bertz CT molecular complexity index is 2110. The summed E-state index contributed by atoms with van der Waals surface area (Å²) >= 11 is 0. The normalized spacial score (nSPS) is 26.2. The second-order valence-corrected chi connectivity index (χ2v) is 21.4. The van der Waals surface area contributed by atoms with Crippen molar-refractivity contribution in [3.05, 3.63) is 71.8 Å². The maximum atomic E-state index is 14.7. The first kappa shape index (κ1) is 55.9. The van der Waals surface area contributed by atoms with E-state index in [1.54, 1.807) is 45.0 Å². The van der Waals surface area contributed by atoms with Gasteiger partial charge in [0.25, 0.3) is 0 Å². The average molecular weight is 977 g/mol. The van der Waals surface area contributed by atoms with E-state index in [2.05, 4.69) is 37.2 Å². The molecule has 69 heavy (non-hydrogen) atoms. The van der Waals surface area contributed by atoms with Gasteiger partial charge in [0, 0.05) is 42.2 Å². The van der Waals surface area contributed by atoms with E-state index in [1.807, 2.05) is 71.0 Å². The Hall–Kier alpha value is -5.65. The molecule has 0 saturated carbocycles. The Kier molecular flexibility index (Phi) is 21.8. The molecule has 0 spiro atoms. The molecule has 2 heterocycles. The van der Waals surface area contributed by atoms with Crippen molar-refractivity contribution in [2.24, 2.45) is 23.7 Å². The lowest BCUT2D eigenvalue weighted by atomic mass is 9.96. The molecule has 0 radical (unpaired) electrons. The van der Waals surface area contributed by atoms with Crippen LogP contribution in [0.1, 0.15) is 105 Å². The fourth-order valence-electron chi connectivity index (χ4n) is 8.65. The molecule has 380 valence electrons. The van der Waals surface area contributed by atoms with Gasteiger partial charge in [0.15, 0.2) is 0 Å². The Morgan fingerprint density at radius 2 is 0.986 bits per heavy atom. The Morgan fingerprint density at radius 3 is 1.51 bits per heavy atom. The minimum atomic E-state index is -1.38. The molecule has 0 aliphatic carbocycles. The van der Waals surface area contributed by atoms with Crippen molar-refractivity contribution >= 4 is 58.1 Å². The highest BCUT2D eigenvalue weighted by Crippen LogP contribution is 2.22. The molecule has 2 saturated heterocycles. The van der Waals surface area contributed by atoms with Crippen LogP contribution in [0.3, 0.4) is 0 Å². The van der Waals surface area contributed by atoms with Gasteiger partial charge in [-0.15, -0.1) is 0 Å². The van der Waals surface area contributed by atoms with Crippen molar-refractivity contribution in [1.29, 1.82) is 0 Å².